The summed E-state index contributed by atoms with van der Waals surface area (Å²) in [7, 11) is 0. The summed E-state index contributed by atoms with van der Waals surface area (Å²) in [6.07, 6.45) is 16.1. The molecule has 4 aromatic heterocycles. The van der Waals surface area contributed by atoms with Crippen molar-refractivity contribution in [3.63, 3.8) is 0 Å². The average Bonchev–Trinajstić information content (AvgIpc) is 3.63. The number of H-pyrrole nitrogens is 1. The Kier molecular flexibility index (Phi) is 4.54. The second-order valence-corrected chi connectivity index (χ2v) is 10.2. The van der Waals surface area contributed by atoms with Crippen molar-refractivity contribution in [3.8, 4) is 11.4 Å². The number of allylic oxidation sites excluding steroid dienone is 4. The molecule has 36 heavy (non-hydrogen) atoms. The van der Waals surface area contributed by atoms with Crippen molar-refractivity contribution in [3.05, 3.63) is 60.2 Å². The first-order chi connectivity index (χ1) is 17.8. The van der Waals surface area contributed by atoms with E-state index < -0.39 is 0 Å². The first-order valence-corrected chi connectivity index (χ1v) is 13.0. The van der Waals surface area contributed by atoms with Crippen molar-refractivity contribution in [2.24, 2.45) is 0 Å². The summed E-state index contributed by atoms with van der Waals surface area (Å²) < 4.78 is 6.13. The van der Waals surface area contributed by atoms with Crippen LogP contribution in [0.5, 0.6) is 0 Å². The zero-order chi connectivity index (χ0) is 23.6. The maximum absolute atomic E-state index is 6.13. The zero-order valence-electron chi connectivity index (χ0n) is 19.9. The van der Waals surface area contributed by atoms with Crippen LogP contribution in [-0.4, -0.2) is 63.3 Å². The Bertz CT molecular complexity index is 1570. The summed E-state index contributed by atoms with van der Waals surface area (Å²) in [6, 6.07) is 4.29. The van der Waals surface area contributed by atoms with Crippen LogP contribution in [0, 0.1) is 0 Å². The number of nitrogens with zero attached hydrogens (tertiary/aromatic N) is 5. The lowest BCUT2D eigenvalue weighted by atomic mass is 9.87. The first-order valence-electron chi connectivity index (χ1n) is 13.0. The maximum Gasteiger partial charge on any atom is 0.163 e. The molecule has 4 aromatic rings. The minimum absolute atomic E-state index is 0.321. The van der Waals surface area contributed by atoms with Gasteiger partial charge >= 0.3 is 0 Å². The van der Waals surface area contributed by atoms with Crippen LogP contribution in [0.1, 0.15) is 36.4 Å². The van der Waals surface area contributed by atoms with Crippen molar-refractivity contribution in [2.75, 3.05) is 31.1 Å². The Morgan fingerprint density at radius 2 is 1.97 bits per heavy atom. The highest BCUT2D eigenvalue weighted by Gasteiger charge is 2.42. The smallest absolute Gasteiger partial charge is 0.163 e. The molecule has 3 fully saturated rings. The number of hydrogen-bond donors (Lipinski definition) is 2. The predicted molar refractivity (Wildman–Crippen MR) is 140 cm³/mol. The lowest BCUT2D eigenvalue weighted by Crippen LogP contribution is -2.44. The van der Waals surface area contributed by atoms with Crippen LogP contribution in [0.25, 0.3) is 38.9 Å². The largest absolute Gasteiger partial charge is 0.374 e. The van der Waals surface area contributed by atoms with Crippen LogP contribution in [-0.2, 0) is 4.74 Å². The molecule has 0 spiro atoms. The zero-order valence-corrected chi connectivity index (χ0v) is 19.9. The Morgan fingerprint density at radius 1 is 1.06 bits per heavy atom. The molecule has 3 saturated heterocycles. The second-order valence-electron chi connectivity index (χ2n) is 10.2. The molecular formula is C28H27N7O. The van der Waals surface area contributed by atoms with Gasteiger partial charge in [-0.05, 0) is 37.0 Å². The lowest BCUT2D eigenvalue weighted by molar-refractivity contribution is 0.100. The monoisotopic (exact) mass is 477 g/mol. The molecule has 3 unspecified atom stereocenters. The summed E-state index contributed by atoms with van der Waals surface area (Å²) >= 11 is 0. The number of aromatic nitrogens is 5. The molecule has 0 aromatic carbocycles. The van der Waals surface area contributed by atoms with E-state index >= 15 is 0 Å². The van der Waals surface area contributed by atoms with Crippen molar-refractivity contribution < 1.29 is 4.74 Å². The quantitative estimate of drug-likeness (QED) is 0.460. The summed E-state index contributed by atoms with van der Waals surface area (Å²) in [4.78, 5) is 25.5. The topological polar surface area (TPSA) is 91.8 Å². The highest BCUT2D eigenvalue weighted by atomic mass is 16.5. The van der Waals surface area contributed by atoms with E-state index in [2.05, 4.69) is 49.5 Å². The van der Waals surface area contributed by atoms with Crippen LogP contribution in [0.4, 0.5) is 5.82 Å². The van der Waals surface area contributed by atoms with Gasteiger partial charge in [-0.3, -0.25) is 4.98 Å². The Balaban J connectivity index is 1.30. The van der Waals surface area contributed by atoms with Crippen molar-refractivity contribution in [1.29, 1.82) is 0 Å². The Morgan fingerprint density at radius 3 is 2.75 bits per heavy atom. The molecule has 180 valence electrons. The van der Waals surface area contributed by atoms with E-state index in [0.717, 1.165) is 83.7 Å². The van der Waals surface area contributed by atoms with E-state index in [9.17, 15) is 0 Å². The minimum atomic E-state index is 0.321. The normalized spacial score (nSPS) is 25.1. The Hall–Kier alpha value is -3.62. The van der Waals surface area contributed by atoms with E-state index in [-0.39, 0.29) is 0 Å². The lowest BCUT2D eigenvalue weighted by Gasteiger charge is -2.30. The standard InChI is InChI=1S/C28H27N7O/c1-2-16(3-1)21-14-30-15-23-25(21)28(35-10-8-29-9-11-35)34-27(33-23)18-6-7-31-26-19(18)13-22(32-26)20-12-17-4-5-24(20)36-17/h1-3,6-7,13-15,17,20,24,29H,4-5,8-12H2,(H,31,32). The van der Waals surface area contributed by atoms with Crippen LogP contribution in [0.2, 0.25) is 0 Å². The number of aromatic amines is 1. The molecule has 8 rings (SSSR count). The molecule has 0 amide bonds. The molecule has 3 atom stereocenters. The second kappa shape index (κ2) is 7.94. The maximum atomic E-state index is 6.13. The van der Waals surface area contributed by atoms with Gasteiger partial charge in [0, 0.05) is 66.7 Å². The number of ether oxygens (including phenoxy) is 1. The highest BCUT2D eigenvalue weighted by molar-refractivity contribution is 6.03. The van der Waals surface area contributed by atoms with Gasteiger partial charge in [-0.25, -0.2) is 15.0 Å². The molecule has 8 nitrogen and oxygen atoms in total. The molecule has 4 aliphatic rings. The minimum Gasteiger partial charge on any atom is -0.374 e. The van der Waals surface area contributed by atoms with Gasteiger partial charge in [0.15, 0.2) is 5.82 Å². The third-order valence-electron chi connectivity index (χ3n) is 8.17. The van der Waals surface area contributed by atoms with Crippen molar-refractivity contribution in [2.45, 2.75) is 37.4 Å². The van der Waals surface area contributed by atoms with E-state index in [0.29, 0.717) is 18.1 Å². The number of anilines is 1. The van der Waals surface area contributed by atoms with E-state index in [1.807, 2.05) is 24.7 Å². The van der Waals surface area contributed by atoms with E-state index in [1.54, 1.807) is 0 Å². The highest BCUT2D eigenvalue weighted by Crippen LogP contribution is 2.45. The molecule has 8 heteroatoms. The average molecular weight is 478 g/mol. The molecule has 1 aliphatic carbocycles. The van der Waals surface area contributed by atoms with E-state index in [4.69, 9.17) is 14.7 Å². The third-order valence-corrected chi connectivity index (χ3v) is 8.17. The fourth-order valence-electron chi connectivity index (χ4n) is 6.29. The molecule has 7 heterocycles. The van der Waals surface area contributed by atoms with Crippen LogP contribution >= 0.6 is 0 Å². The van der Waals surface area contributed by atoms with Gasteiger partial charge in [0.1, 0.15) is 11.5 Å². The van der Waals surface area contributed by atoms with Crippen molar-refractivity contribution >= 4 is 33.3 Å². The van der Waals surface area contributed by atoms with Crippen LogP contribution in [0.15, 0.2) is 49.0 Å². The van der Waals surface area contributed by atoms with E-state index in [1.165, 1.54) is 17.7 Å². The molecule has 0 radical (unpaired) electrons. The van der Waals surface area contributed by atoms with Gasteiger partial charge in [-0.15, -0.1) is 0 Å². The molecule has 2 N–H and O–H groups in total. The number of piperazine rings is 1. The number of rotatable bonds is 4. The number of nitrogens with one attached hydrogen (secondary N) is 2. The first kappa shape index (κ1) is 20.6. The van der Waals surface area contributed by atoms with Crippen molar-refractivity contribution in [1.82, 2.24) is 30.2 Å². The van der Waals surface area contributed by atoms with Gasteiger partial charge in [0.2, 0.25) is 0 Å². The third kappa shape index (κ3) is 3.14. The van der Waals surface area contributed by atoms with Crippen LogP contribution in [0.3, 0.4) is 0 Å². The molecular weight excluding hydrogens is 450 g/mol. The fourth-order valence-corrected chi connectivity index (χ4v) is 6.29. The predicted octanol–water partition coefficient (Wildman–Crippen LogP) is 3.97. The van der Waals surface area contributed by atoms with Gasteiger partial charge in [0.05, 0.1) is 29.3 Å². The molecule has 3 aliphatic heterocycles. The summed E-state index contributed by atoms with van der Waals surface area (Å²) in [5.41, 5.74) is 6.24. The molecule has 2 bridgehead atoms. The number of fused-ring (bicyclic) bond motifs is 4. The van der Waals surface area contributed by atoms with Gasteiger partial charge in [-0.1, -0.05) is 18.2 Å². The fraction of sp³-hybridized carbons (Fsp3) is 0.357. The summed E-state index contributed by atoms with van der Waals surface area (Å²) in [5, 5.41) is 5.60. The number of hydrogen-bond acceptors (Lipinski definition) is 7. The number of pyridine rings is 2. The van der Waals surface area contributed by atoms with Gasteiger partial charge in [0.25, 0.3) is 0 Å². The molecule has 0 saturated carbocycles. The van der Waals surface area contributed by atoms with Gasteiger partial charge < -0.3 is 19.9 Å². The Labute approximate surface area is 208 Å². The van der Waals surface area contributed by atoms with Crippen LogP contribution < -0.4 is 10.2 Å². The SMILES string of the molecule is C1=CC(c2cncc3nc(-c4ccnc5[nH]c(C6CC7CCC6O7)cc45)nc(N4CCNCC4)c23)=C1. The van der Waals surface area contributed by atoms with Gasteiger partial charge in [-0.2, -0.15) is 0 Å². The summed E-state index contributed by atoms with van der Waals surface area (Å²) in [6.45, 7) is 3.70. The summed E-state index contributed by atoms with van der Waals surface area (Å²) in [5.74, 6) is 2.11.